The lowest BCUT2D eigenvalue weighted by molar-refractivity contribution is -0.114. The largest absolute Gasteiger partial charge is 0.508 e. The van der Waals surface area contributed by atoms with E-state index in [2.05, 4.69) is 10.2 Å². The van der Waals surface area contributed by atoms with Crippen LogP contribution in [0, 0.1) is 11.7 Å². The smallest absolute Gasteiger partial charge is 0.258 e. The molecule has 2 amide bonds. The summed E-state index contributed by atoms with van der Waals surface area (Å²) in [6.07, 6.45) is 1.40. The first-order chi connectivity index (χ1) is 17.8. The van der Waals surface area contributed by atoms with E-state index in [1.807, 2.05) is 0 Å². The molecule has 0 saturated carbocycles. The van der Waals surface area contributed by atoms with Gasteiger partial charge in [0.2, 0.25) is 5.91 Å². The maximum absolute atomic E-state index is 13.4. The SMILES string of the molecule is CC(=O)Nc1ccc(C(=O)N(CCN2CCC(C(=O)c3ccc(F)cc3)CC2)c2ccc(O)cc2)cc1. The topological polar surface area (TPSA) is 90.0 Å². The molecule has 0 unspecified atom stereocenters. The number of amides is 2. The molecule has 1 aliphatic heterocycles. The van der Waals surface area contributed by atoms with E-state index in [0.717, 1.165) is 13.1 Å². The molecule has 1 saturated heterocycles. The molecule has 1 heterocycles. The number of benzene rings is 3. The van der Waals surface area contributed by atoms with Crippen LogP contribution in [0.15, 0.2) is 72.8 Å². The summed E-state index contributed by atoms with van der Waals surface area (Å²) in [5.74, 6) is -0.678. The van der Waals surface area contributed by atoms with Crippen molar-refractivity contribution in [1.29, 1.82) is 0 Å². The Kier molecular flexibility index (Phi) is 8.30. The first-order valence-corrected chi connectivity index (χ1v) is 12.3. The molecule has 0 bridgehead atoms. The number of nitrogens with zero attached hydrogens (tertiary/aromatic N) is 2. The monoisotopic (exact) mass is 503 g/mol. The number of carbonyl (C=O) groups is 3. The van der Waals surface area contributed by atoms with Crippen molar-refractivity contribution >= 4 is 29.0 Å². The summed E-state index contributed by atoms with van der Waals surface area (Å²) in [5, 5.41) is 12.4. The van der Waals surface area contributed by atoms with Crippen molar-refractivity contribution in [3.63, 3.8) is 0 Å². The quantitative estimate of drug-likeness (QED) is 0.434. The lowest BCUT2D eigenvalue weighted by Crippen LogP contribution is -2.42. The number of hydrogen-bond acceptors (Lipinski definition) is 5. The van der Waals surface area contributed by atoms with Crippen molar-refractivity contribution in [2.24, 2.45) is 5.92 Å². The zero-order chi connectivity index (χ0) is 26.4. The minimum atomic E-state index is -0.359. The van der Waals surface area contributed by atoms with Crippen LogP contribution >= 0.6 is 0 Å². The van der Waals surface area contributed by atoms with Gasteiger partial charge in [0.05, 0.1) is 0 Å². The van der Waals surface area contributed by atoms with Crippen LogP contribution in [0.3, 0.4) is 0 Å². The Labute approximate surface area is 215 Å². The van der Waals surface area contributed by atoms with Gasteiger partial charge in [-0.3, -0.25) is 14.4 Å². The summed E-state index contributed by atoms with van der Waals surface area (Å²) in [6, 6.07) is 18.9. The third kappa shape index (κ3) is 6.80. The Morgan fingerprint density at radius 1 is 0.919 bits per heavy atom. The number of rotatable bonds is 8. The maximum atomic E-state index is 13.4. The molecule has 192 valence electrons. The van der Waals surface area contributed by atoms with Crippen LogP contribution < -0.4 is 10.2 Å². The van der Waals surface area contributed by atoms with Gasteiger partial charge in [-0.15, -0.1) is 0 Å². The molecule has 3 aromatic rings. The Bertz CT molecular complexity index is 1240. The Morgan fingerprint density at radius 2 is 1.51 bits per heavy atom. The highest BCUT2D eigenvalue weighted by Crippen LogP contribution is 2.24. The Balaban J connectivity index is 1.40. The third-order valence-corrected chi connectivity index (χ3v) is 6.59. The number of carbonyl (C=O) groups excluding carboxylic acids is 3. The fourth-order valence-electron chi connectivity index (χ4n) is 4.55. The molecule has 3 aromatic carbocycles. The second kappa shape index (κ2) is 11.8. The van der Waals surface area contributed by atoms with Gasteiger partial charge in [-0.05, 0) is 98.7 Å². The summed E-state index contributed by atoms with van der Waals surface area (Å²) in [7, 11) is 0. The first-order valence-electron chi connectivity index (χ1n) is 12.3. The van der Waals surface area contributed by atoms with Gasteiger partial charge in [-0.25, -0.2) is 4.39 Å². The lowest BCUT2D eigenvalue weighted by atomic mass is 9.89. The van der Waals surface area contributed by atoms with Crippen molar-refractivity contribution in [3.8, 4) is 5.75 Å². The van der Waals surface area contributed by atoms with E-state index in [1.54, 1.807) is 53.4 Å². The summed E-state index contributed by atoms with van der Waals surface area (Å²) in [4.78, 5) is 41.4. The van der Waals surface area contributed by atoms with Crippen LogP contribution in [0.1, 0.15) is 40.5 Å². The molecule has 4 rings (SSSR count). The van der Waals surface area contributed by atoms with E-state index in [4.69, 9.17) is 0 Å². The van der Waals surface area contributed by atoms with Crippen LogP contribution in [0.2, 0.25) is 0 Å². The molecule has 1 aliphatic rings. The highest BCUT2D eigenvalue weighted by molar-refractivity contribution is 6.06. The van der Waals surface area contributed by atoms with Gasteiger partial charge in [0.1, 0.15) is 11.6 Å². The van der Waals surface area contributed by atoms with Gasteiger partial charge in [0, 0.05) is 48.4 Å². The molecule has 8 heteroatoms. The number of likely N-dealkylation sites (tertiary alicyclic amines) is 1. The van der Waals surface area contributed by atoms with Gasteiger partial charge < -0.3 is 20.2 Å². The van der Waals surface area contributed by atoms with E-state index in [9.17, 15) is 23.9 Å². The molecule has 2 N–H and O–H groups in total. The van der Waals surface area contributed by atoms with Gasteiger partial charge in [0.15, 0.2) is 5.78 Å². The number of hydrogen-bond donors (Lipinski definition) is 2. The molecular formula is C29H30FN3O4. The molecule has 0 spiro atoms. The summed E-state index contributed by atoms with van der Waals surface area (Å²) in [6.45, 7) is 3.91. The number of ketones is 1. The zero-order valence-corrected chi connectivity index (χ0v) is 20.7. The number of halogens is 1. The van der Waals surface area contributed by atoms with E-state index in [1.165, 1.54) is 31.2 Å². The van der Waals surface area contributed by atoms with Gasteiger partial charge >= 0.3 is 0 Å². The summed E-state index contributed by atoms with van der Waals surface area (Å²) >= 11 is 0. The van der Waals surface area contributed by atoms with Crippen molar-refractivity contribution < 1.29 is 23.9 Å². The number of phenols is 1. The van der Waals surface area contributed by atoms with Crippen molar-refractivity contribution in [2.75, 3.05) is 36.4 Å². The zero-order valence-electron chi connectivity index (χ0n) is 20.7. The number of nitrogens with one attached hydrogen (secondary N) is 1. The Morgan fingerprint density at radius 3 is 2.11 bits per heavy atom. The Hall–Kier alpha value is -4.04. The molecule has 0 radical (unpaired) electrons. The number of piperidine rings is 1. The van der Waals surface area contributed by atoms with Crippen molar-refractivity contribution in [1.82, 2.24) is 4.90 Å². The van der Waals surface area contributed by atoms with Gasteiger partial charge in [-0.2, -0.15) is 0 Å². The molecule has 37 heavy (non-hydrogen) atoms. The third-order valence-electron chi connectivity index (χ3n) is 6.59. The van der Waals surface area contributed by atoms with Crippen molar-refractivity contribution in [3.05, 3.63) is 89.7 Å². The highest BCUT2D eigenvalue weighted by Gasteiger charge is 2.27. The summed E-state index contributed by atoms with van der Waals surface area (Å²) < 4.78 is 13.2. The fraction of sp³-hybridized carbons (Fsp3) is 0.276. The minimum Gasteiger partial charge on any atom is -0.508 e. The number of anilines is 2. The second-order valence-electron chi connectivity index (χ2n) is 9.22. The van der Waals surface area contributed by atoms with Crippen LogP contribution in [-0.2, 0) is 4.79 Å². The van der Waals surface area contributed by atoms with Gasteiger partial charge in [-0.1, -0.05) is 0 Å². The van der Waals surface area contributed by atoms with Crippen molar-refractivity contribution in [2.45, 2.75) is 19.8 Å². The second-order valence-corrected chi connectivity index (χ2v) is 9.22. The van der Waals surface area contributed by atoms with Gasteiger partial charge in [0.25, 0.3) is 5.91 Å². The fourth-order valence-corrected chi connectivity index (χ4v) is 4.55. The van der Waals surface area contributed by atoms with E-state index in [0.29, 0.717) is 48.4 Å². The number of Topliss-reactive ketones (excluding diaryl/α,β-unsaturated/α-hetero) is 1. The van der Waals surface area contributed by atoms with E-state index < -0.39 is 0 Å². The molecule has 0 aliphatic carbocycles. The minimum absolute atomic E-state index is 0.0447. The maximum Gasteiger partial charge on any atom is 0.258 e. The number of aromatic hydroxyl groups is 1. The number of phenolic OH excluding ortho intramolecular Hbond substituents is 1. The summed E-state index contributed by atoms with van der Waals surface area (Å²) in [5.41, 5.74) is 2.28. The van der Waals surface area contributed by atoms with Crippen LogP contribution in [0.5, 0.6) is 5.75 Å². The average Bonchev–Trinajstić information content (AvgIpc) is 2.90. The van der Waals surface area contributed by atoms with E-state index in [-0.39, 0.29) is 35.1 Å². The van der Waals surface area contributed by atoms with Crippen LogP contribution in [0.4, 0.5) is 15.8 Å². The standard InChI is InChI=1S/C29H30FN3O4/c1-20(34)31-25-8-4-23(5-9-25)29(37)33(26-10-12-27(35)13-11-26)19-18-32-16-14-22(15-17-32)28(36)21-2-6-24(30)7-3-21/h2-13,22,35H,14-19H2,1H3,(H,31,34). The molecule has 0 atom stereocenters. The predicted molar refractivity (Wildman–Crippen MR) is 140 cm³/mol. The molecule has 0 aromatic heterocycles. The normalized spacial score (nSPS) is 14.2. The first kappa shape index (κ1) is 26.0. The van der Waals surface area contributed by atoms with Crippen LogP contribution in [0.25, 0.3) is 0 Å². The van der Waals surface area contributed by atoms with E-state index >= 15 is 0 Å². The molecular weight excluding hydrogens is 473 g/mol. The average molecular weight is 504 g/mol. The van der Waals surface area contributed by atoms with Crippen LogP contribution in [-0.4, -0.2) is 53.8 Å². The lowest BCUT2D eigenvalue weighted by Gasteiger charge is -2.33. The predicted octanol–water partition coefficient (Wildman–Crippen LogP) is 4.73. The molecule has 7 nitrogen and oxygen atoms in total. The highest BCUT2D eigenvalue weighted by atomic mass is 19.1. The molecule has 1 fully saturated rings.